The number of rotatable bonds is 4. The zero-order chi connectivity index (χ0) is 18.7. The number of carbonyl (C=O) groups excluding carboxylic acids is 2. The first-order valence-electron chi connectivity index (χ1n) is 8.80. The van der Waals surface area contributed by atoms with Crippen LogP contribution >= 0.6 is 0 Å². The summed E-state index contributed by atoms with van der Waals surface area (Å²) in [7, 11) is 1.40. The summed E-state index contributed by atoms with van der Waals surface area (Å²) in [5, 5.41) is 0. The Morgan fingerprint density at radius 1 is 1.12 bits per heavy atom. The number of hydrogen-bond acceptors (Lipinski definition) is 4. The van der Waals surface area contributed by atoms with Crippen LogP contribution in [0.5, 0.6) is 5.75 Å². The molecule has 2 atom stereocenters. The number of hydrogen-bond donors (Lipinski definition) is 0. The van der Waals surface area contributed by atoms with E-state index in [0.29, 0.717) is 18.6 Å². The van der Waals surface area contributed by atoms with Crippen molar-refractivity contribution in [2.45, 2.75) is 32.2 Å². The van der Waals surface area contributed by atoms with E-state index < -0.39 is 0 Å². The maximum atomic E-state index is 13.2. The molecule has 1 amide bonds. The average molecular weight is 353 g/mol. The van der Waals surface area contributed by atoms with Gasteiger partial charge < -0.3 is 14.4 Å². The number of para-hydroxylation sites is 1. The molecule has 2 unspecified atom stereocenters. The second-order valence-electron chi connectivity index (χ2n) is 6.35. The summed E-state index contributed by atoms with van der Waals surface area (Å²) >= 11 is 0. The van der Waals surface area contributed by atoms with Gasteiger partial charge in [-0.05, 0) is 56.2 Å². The largest absolute Gasteiger partial charge is 0.494 e. The third kappa shape index (κ3) is 3.29. The summed E-state index contributed by atoms with van der Waals surface area (Å²) in [6, 6.07) is 14.6. The van der Waals surface area contributed by atoms with Crippen molar-refractivity contribution in [3.05, 3.63) is 59.7 Å². The summed E-state index contributed by atoms with van der Waals surface area (Å²) in [4.78, 5) is 27.1. The lowest BCUT2D eigenvalue weighted by atomic mass is 9.85. The van der Waals surface area contributed by atoms with Crippen LogP contribution in [-0.2, 0) is 9.53 Å². The molecular weight excluding hydrogens is 330 g/mol. The number of anilines is 1. The van der Waals surface area contributed by atoms with Crippen molar-refractivity contribution in [1.29, 1.82) is 0 Å². The average Bonchev–Trinajstić information content (AvgIpc) is 2.67. The molecule has 1 aliphatic rings. The molecule has 0 saturated carbocycles. The maximum absolute atomic E-state index is 13.2. The first kappa shape index (κ1) is 18.0. The van der Waals surface area contributed by atoms with E-state index in [1.54, 1.807) is 29.2 Å². The van der Waals surface area contributed by atoms with E-state index >= 15 is 0 Å². The Bertz CT molecular complexity index is 800. The predicted octanol–water partition coefficient (Wildman–Crippen LogP) is 3.78. The molecule has 2 aromatic rings. The topological polar surface area (TPSA) is 55.8 Å². The fourth-order valence-electron chi connectivity index (χ4n) is 3.49. The summed E-state index contributed by atoms with van der Waals surface area (Å²) in [5.41, 5.74) is 2.18. The second kappa shape index (κ2) is 7.60. The highest BCUT2D eigenvalue weighted by Gasteiger charge is 2.37. The predicted molar refractivity (Wildman–Crippen MR) is 99.7 cm³/mol. The molecule has 5 nitrogen and oxygen atoms in total. The fourth-order valence-corrected chi connectivity index (χ4v) is 3.49. The zero-order valence-electron chi connectivity index (χ0n) is 15.3. The molecule has 0 fully saturated rings. The van der Waals surface area contributed by atoms with E-state index in [1.165, 1.54) is 7.11 Å². The van der Waals surface area contributed by atoms with Crippen molar-refractivity contribution in [2.24, 2.45) is 0 Å². The van der Waals surface area contributed by atoms with E-state index in [4.69, 9.17) is 9.47 Å². The summed E-state index contributed by atoms with van der Waals surface area (Å²) < 4.78 is 10.4. The number of benzene rings is 2. The van der Waals surface area contributed by atoms with Gasteiger partial charge in [0.15, 0.2) is 0 Å². The van der Waals surface area contributed by atoms with Crippen LogP contribution in [0.2, 0.25) is 0 Å². The van der Waals surface area contributed by atoms with E-state index in [2.05, 4.69) is 0 Å². The highest BCUT2D eigenvalue weighted by Crippen LogP contribution is 2.39. The van der Waals surface area contributed by atoms with Gasteiger partial charge in [0.05, 0.1) is 19.6 Å². The van der Waals surface area contributed by atoms with Crippen LogP contribution in [0, 0.1) is 0 Å². The molecule has 0 saturated heterocycles. The van der Waals surface area contributed by atoms with Crippen molar-refractivity contribution in [3.63, 3.8) is 0 Å². The Hall–Kier alpha value is -2.82. The van der Waals surface area contributed by atoms with Crippen LogP contribution in [0.25, 0.3) is 0 Å². The van der Waals surface area contributed by atoms with Gasteiger partial charge in [-0.25, -0.2) is 0 Å². The van der Waals surface area contributed by atoms with Crippen LogP contribution in [0.3, 0.4) is 0 Å². The van der Waals surface area contributed by atoms with Crippen molar-refractivity contribution in [2.75, 3.05) is 18.6 Å². The molecule has 0 spiro atoms. The molecule has 0 radical (unpaired) electrons. The molecule has 2 aromatic carbocycles. The van der Waals surface area contributed by atoms with Gasteiger partial charge in [-0.15, -0.1) is 0 Å². The zero-order valence-corrected chi connectivity index (χ0v) is 15.3. The molecule has 0 N–H and O–H groups in total. The standard InChI is InChI=1S/C21H23NO4/c1-4-26-16-11-9-15(10-12-16)20(23)22-14(2)13-18(21(24)25-3)17-7-5-6-8-19(17)22/h5-12,14,18H,4,13H2,1-3H3. The van der Waals surface area contributed by atoms with Gasteiger partial charge in [0, 0.05) is 17.3 Å². The van der Waals surface area contributed by atoms with Crippen molar-refractivity contribution in [1.82, 2.24) is 0 Å². The molecule has 26 heavy (non-hydrogen) atoms. The van der Waals surface area contributed by atoms with Gasteiger partial charge >= 0.3 is 5.97 Å². The van der Waals surface area contributed by atoms with Gasteiger partial charge in [0.1, 0.15) is 5.75 Å². The summed E-state index contributed by atoms with van der Waals surface area (Å²) in [6.45, 7) is 4.46. The highest BCUT2D eigenvalue weighted by molar-refractivity contribution is 6.08. The quantitative estimate of drug-likeness (QED) is 0.785. The molecule has 0 bridgehead atoms. The first-order valence-corrected chi connectivity index (χ1v) is 8.80. The van der Waals surface area contributed by atoms with Crippen molar-refractivity contribution in [3.8, 4) is 5.75 Å². The Morgan fingerprint density at radius 3 is 2.46 bits per heavy atom. The summed E-state index contributed by atoms with van der Waals surface area (Å²) in [5.74, 6) is 0.0336. The van der Waals surface area contributed by atoms with Crippen LogP contribution in [0.4, 0.5) is 5.69 Å². The minimum Gasteiger partial charge on any atom is -0.494 e. The molecule has 136 valence electrons. The molecule has 5 heteroatoms. The van der Waals surface area contributed by atoms with Gasteiger partial charge in [-0.2, -0.15) is 0 Å². The number of amides is 1. The monoisotopic (exact) mass is 353 g/mol. The molecule has 1 heterocycles. The van der Waals surface area contributed by atoms with E-state index in [-0.39, 0.29) is 23.8 Å². The minimum atomic E-state index is -0.351. The fraction of sp³-hybridized carbons (Fsp3) is 0.333. The lowest BCUT2D eigenvalue weighted by molar-refractivity contribution is -0.142. The molecule has 0 aliphatic carbocycles. The van der Waals surface area contributed by atoms with Crippen LogP contribution in [0.1, 0.15) is 42.1 Å². The molecule has 3 rings (SSSR count). The normalized spacial score (nSPS) is 18.8. The first-order chi connectivity index (χ1) is 12.6. The van der Waals surface area contributed by atoms with Crippen LogP contribution in [-0.4, -0.2) is 31.6 Å². The number of nitrogens with zero attached hydrogens (tertiary/aromatic N) is 1. The number of fused-ring (bicyclic) bond motifs is 1. The van der Waals surface area contributed by atoms with Crippen LogP contribution < -0.4 is 9.64 Å². The minimum absolute atomic E-state index is 0.0867. The third-order valence-electron chi connectivity index (χ3n) is 4.71. The van der Waals surface area contributed by atoms with E-state index in [0.717, 1.165) is 17.0 Å². The number of ether oxygens (including phenoxy) is 2. The lowest BCUT2D eigenvalue weighted by Crippen LogP contribution is -2.44. The number of methoxy groups -OCH3 is 1. The number of carbonyl (C=O) groups is 2. The van der Waals surface area contributed by atoms with Crippen molar-refractivity contribution < 1.29 is 19.1 Å². The Balaban J connectivity index is 1.96. The maximum Gasteiger partial charge on any atom is 0.313 e. The number of esters is 1. The van der Waals surface area contributed by atoms with E-state index in [9.17, 15) is 9.59 Å². The van der Waals surface area contributed by atoms with Crippen LogP contribution in [0.15, 0.2) is 48.5 Å². The van der Waals surface area contributed by atoms with Gasteiger partial charge in [-0.1, -0.05) is 18.2 Å². The Morgan fingerprint density at radius 2 is 1.81 bits per heavy atom. The SMILES string of the molecule is CCOc1ccc(C(=O)N2c3ccccc3C(C(=O)OC)CC2C)cc1. The van der Waals surface area contributed by atoms with Gasteiger partial charge in [-0.3, -0.25) is 9.59 Å². The molecule has 0 aromatic heterocycles. The van der Waals surface area contributed by atoms with Crippen molar-refractivity contribution >= 4 is 17.6 Å². The Labute approximate surface area is 153 Å². The van der Waals surface area contributed by atoms with Gasteiger partial charge in [0.25, 0.3) is 5.91 Å². The third-order valence-corrected chi connectivity index (χ3v) is 4.71. The molecular formula is C21H23NO4. The summed E-state index contributed by atoms with van der Waals surface area (Å²) in [6.07, 6.45) is 0.534. The smallest absolute Gasteiger partial charge is 0.313 e. The Kier molecular flexibility index (Phi) is 5.26. The molecule has 1 aliphatic heterocycles. The highest BCUT2D eigenvalue weighted by atomic mass is 16.5. The van der Waals surface area contributed by atoms with Gasteiger partial charge in [0.2, 0.25) is 0 Å². The van der Waals surface area contributed by atoms with E-state index in [1.807, 2.05) is 38.1 Å². The lowest BCUT2D eigenvalue weighted by Gasteiger charge is -2.38. The second-order valence-corrected chi connectivity index (χ2v) is 6.35.